The summed E-state index contributed by atoms with van der Waals surface area (Å²) in [4.78, 5) is 14.4. The highest BCUT2D eigenvalue weighted by Gasteiger charge is 2.21. The monoisotopic (exact) mass is 232 g/mol. The molecule has 0 aliphatic heterocycles. The molecule has 1 aromatic heterocycles. The molecule has 1 heterocycles. The van der Waals surface area contributed by atoms with E-state index in [1.165, 1.54) is 7.11 Å². The second kappa shape index (κ2) is 4.84. The molecule has 0 spiro atoms. The first-order chi connectivity index (χ1) is 7.51. The van der Waals surface area contributed by atoms with Crippen LogP contribution in [0.15, 0.2) is 6.07 Å². The fourth-order valence-corrected chi connectivity index (χ4v) is 1.21. The van der Waals surface area contributed by atoms with Crippen molar-refractivity contribution in [2.45, 2.75) is 13.0 Å². The Labute approximate surface area is 89.9 Å². The quantitative estimate of drug-likeness (QED) is 0.814. The number of nitrogens with zero attached hydrogens (tertiary/aromatic N) is 1. The van der Waals surface area contributed by atoms with Gasteiger partial charge in [0.15, 0.2) is 0 Å². The van der Waals surface area contributed by atoms with Crippen molar-refractivity contribution in [1.29, 1.82) is 0 Å². The number of carbonyl (C=O) groups is 1. The van der Waals surface area contributed by atoms with Gasteiger partial charge in [-0.2, -0.15) is 0 Å². The molecule has 88 valence electrons. The molecule has 0 unspecified atom stereocenters. The zero-order valence-corrected chi connectivity index (χ0v) is 8.41. The Balaban J connectivity index is 3.40. The highest BCUT2D eigenvalue weighted by molar-refractivity contribution is 5.90. The number of alkyl halides is 2. The van der Waals surface area contributed by atoms with Crippen molar-refractivity contribution < 1.29 is 23.4 Å². The Morgan fingerprint density at radius 2 is 2.31 bits per heavy atom. The fourth-order valence-electron chi connectivity index (χ4n) is 1.21. The number of ether oxygens (including phenoxy) is 1. The molecular weight excluding hydrogens is 222 g/mol. The molecule has 0 bridgehead atoms. The molecule has 0 saturated heterocycles. The standard InChI is InChI=1S/C9H10F2N2O3/c1-16-8-5(9(14)15)2-4(7(10)11)6(3-12)13-8/h2,7H,3,12H2,1H3,(H,14,15). The van der Waals surface area contributed by atoms with Gasteiger partial charge < -0.3 is 15.6 Å². The normalized spacial score (nSPS) is 10.6. The van der Waals surface area contributed by atoms with Gasteiger partial charge in [-0.3, -0.25) is 0 Å². The third-order valence-electron chi connectivity index (χ3n) is 1.95. The minimum Gasteiger partial charge on any atom is -0.480 e. The SMILES string of the molecule is COc1nc(CN)c(C(F)F)cc1C(=O)O. The van der Waals surface area contributed by atoms with Crippen LogP contribution < -0.4 is 10.5 Å². The van der Waals surface area contributed by atoms with Gasteiger partial charge in [-0.05, 0) is 6.07 Å². The molecule has 5 nitrogen and oxygen atoms in total. The Morgan fingerprint density at radius 1 is 1.69 bits per heavy atom. The molecule has 0 amide bonds. The first kappa shape index (κ1) is 12.3. The van der Waals surface area contributed by atoms with E-state index in [1.54, 1.807) is 0 Å². The summed E-state index contributed by atoms with van der Waals surface area (Å²) in [6.45, 7) is -0.212. The number of hydrogen-bond acceptors (Lipinski definition) is 4. The summed E-state index contributed by atoms with van der Waals surface area (Å²) in [6, 6.07) is 0.834. The lowest BCUT2D eigenvalue weighted by molar-refractivity contribution is 0.0691. The van der Waals surface area contributed by atoms with Gasteiger partial charge in [0.05, 0.1) is 12.8 Å². The highest BCUT2D eigenvalue weighted by atomic mass is 19.3. The minimum absolute atomic E-state index is 0.0724. The molecule has 0 radical (unpaired) electrons. The summed E-state index contributed by atoms with van der Waals surface area (Å²) < 4.78 is 29.8. The van der Waals surface area contributed by atoms with E-state index < -0.39 is 23.5 Å². The predicted molar refractivity (Wildman–Crippen MR) is 50.6 cm³/mol. The smallest absolute Gasteiger partial charge is 0.341 e. The number of nitrogens with two attached hydrogens (primary N) is 1. The topological polar surface area (TPSA) is 85.4 Å². The summed E-state index contributed by atoms with van der Waals surface area (Å²) in [6.07, 6.45) is -2.82. The largest absolute Gasteiger partial charge is 0.480 e. The van der Waals surface area contributed by atoms with Crippen molar-refractivity contribution >= 4 is 5.97 Å². The van der Waals surface area contributed by atoms with Gasteiger partial charge in [0.2, 0.25) is 5.88 Å². The lowest BCUT2D eigenvalue weighted by atomic mass is 10.1. The molecule has 7 heteroatoms. The van der Waals surface area contributed by atoms with Gasteiger partial charge in [-0.1, -0.05) is 0 Å². The number of pyridine rings is 1. The van der Waals surface area contributed by atoms with E-state index in [2.05, 4.69) is 4.98 Å². The number of carboxylic acid groups (broad SMARTS) is 1. The Bertz CT molecular complexity index is 410. The van der Waals surface area contributed by atoms with Gasteiger partial charge in [0, 0.05) is 12.1 Å². The molecule has 3 N–H and O–H groups in total. The second-order valence-corrected chi connectivity index (χ2v) is 2.89. The van der Waals surface area contributed by atoms with E-state index in [9.17, 15) is 13.6 Å². The van der Waals surface area contributed by atoms with Crippen LogP contribution in [0.2, 0.25) is 0 Å². The number of aromatic nitrogens is 1. The van der Waals surface area contributed by atoms with E-state index in [1.807, 2.05) is 0 Å². The second-order valence-electron chi connectivity index (χ2n) is 2.89. The van der Waals surface area contributed by atoms with Crippen LogP contribution in [0.4, 0.5) is 8.78 Å². The summed E-state index contributed by atoms with van der Waals surface area (Å²) >= 11 is 0. The molecule has 1 rings (SSSR count). The van der Waals surface area contributed by atoms with E-state index in [0.717, 1.165) is 6.07 Å². The van der Waals surface area contributed by atoms with Crippen LogP contribution in [0.5, 0.6) is 5.88 Å². The van der Waals surface area contributed by atoms with Crippen molar-refractivity contribution in [3.8, 4) is 5.88 Å². The number of halogens is 2. The van der Waals surface area contributed by atoms with Crippen LogP contribution in [0.1, 0.15) is 28.0 Å². The third kappa shape index (κ3) is 2.25. The van der Waals surface area contributed by atoms with Gasteiger partial charge in [0.25, 0.3) is 6.43 Å². The number of aromatic carboxylic acids is 1. The molecule has 0 saturated carbocycles. The number of hydrogen-bond donors (Lipinski definition) is 2. The van der Waals surface area contributed by atoms with Crippen LogP contribution in [0, 0.1) is 0 Å². The molecule has 0 aliphatic carbocycles. The predicted octanol–water partition coefficient (Wildman–Crippen LogP) is 1.18. The van der Waals surface area contributed by atoms with Crippen LogP contribution in [-0.4, -0.2) is 23.2 Å². The fraction of sp³-hybridized carbons (Fsp3) is 0.333. The third-order valence-corrected chi connectivity index (χ3v) is 1.95. The average molecular weight is 232 g/mol. The molecule has 0 aliphatic rings. The summed E-state index contributed by atoms with van der Waals surface area (Å²) in [5.41, 5.74) is 4.27. The maximum Gasteiger partial charge on any atom is 0.341 e. The van der Waals surface area contributed by atoms with E-state index in [-0.39, 0.29) is 18.1 Å². The molecule has 0 aromatic carbocycles. The molecular formula is C9H10F2N2O3. The van der Waals surface area contributed by atoms with Crippen LogP contribution in [0.3, 0.4) is 0 Å². The first-order valence-corrected chi connectivity index (χ1v) is 4.30. The lowest BCUT2D eigenvalue weighted by Gasteiger charge is -2.10. The van der Waals surface area contributed by atoms with Crippen LogP contribution in [-0.2, 0) is 6.54 Å². The summed E-state index contributed by atoms with van der Waals surface area (Å²) in [5.74, 6) is -1.60. The van der Waals surface area contributed by atoms with E-state index in [0.29, 0.717) is 0 Å². The molecule has 1 aromatic rings. The summed E-state index contributed by atoms with van der Waals surface area (Å²) in [7, 11) is 1.21. The zero-order valence-electron chi connectivity index (χ0n) is 8.41. The Kier molecular flexibility index (Phi) is 3.73. The number of carboxylic acids is 1. The van der Waals surface area contributed by atoms with Crippen LogP contribution in [0.25, 0.3) is 0 Å². The van der Waals surface area contributed by atoms with Crippen molar-refractivity contribution in [3.63, 3.8) is 0 Å². The van der Waals surface area contributed by atoms with Crippen molar-refractivity contribution in [2.75, 3.05) is 7.11 Å². The van der Waals surface area contributed by atoms with Gasteiger partial charge >= 0.3 is 5.97 Å². The van der Waals surface area contributed by atoms with Crippen molar-refractivity contribution in [2.24, 2.45) is 5.73 Å². The maximum atomic E-state index is 12.6. The lowest BCUT2D eigenvalue weighted by Crippen LogP contribution is -2.11. The maximum absolute atomic E-state index is 12.6. The van der Waals surface area contributed by atoms with Crippen molar-refractivity contribution in [3.05, 3.63) is 22.9 Å². The zero-order chi connectivity index (χ0) is 12.3. The van der Waals surface area contributed by atoms with Gasteiger partial charge in [-0.15, -0.1) is 0 Å². The first-order valence-electron chi connectivity index (χ1n) is 4.30. The van der Waals surface area contributed by atoms with E-state index in [4.69, 9.17) is 15.6 Å². The van der Waals surface area contributed by atoms with E-state index >= 15 is 0 Å². The number of rotatable bonds is 4. The van der Waals surface area contributed by atoms with Crippen molar-refractivity contribution in [1.82, 2.24) is 4.98 Å². The molecule has 16 heavy (non-hydrogen) atoms. The van der Waals surface area contributed by atoms with Gasteiger partial charge in [0.1, 0.15) is 5.56 Å². The van der Waals surface area contributed by atoms with Gasteiger partial charge in [-0.25, -0.2) is 18.6 Å². The minimum atomic E-state index is -2.82. The molecule has 0 atom stereocenters. The Morgan fingerprint density at radius 3 is 2.69 bits per heavy atom. The average Bonchev–Trinajstić information content (AvgIpc) is 2.26. The number of methoxy groups -OCH3 is 1. The summed E-state index contributed by atoms with van der Waals surface area (Å²) in [5, 5.41) is 8.77. The highest BCUT2D eigenvalue weighted by Crippen LogP contribution is 2.27. The molecule has 0 fully saturated rings. The van der Waals surface area contributed by atoms with Crippen LogP contribution >= 0.6 is 0 Å². The Hall–Kier alpha value is -1.76.